The molecule has 0 aliphatic heterocycles. The van der Waals surface area contributed by atoms with Crippen LogP contribution >= 0.6 is 0 Å². The zero-order valence-electron chi connectivity index (χ0n) is 9.97. The molecule has 2 rings (SSSR count). The molecule has 0 fully saturated rings. The minimum absolute atomic E-state index is 0.124. The van der Waals surface area contributed by atoms with E-state index in [9.17, 15) is 4.79 Å². The highest BCUT2D eigenvalue weighted by Crippen LogP contribution is 2.29. The van der Waals surface area contributed by atoms with Gasteiger partial charge in [0.1, 0.15) is 0 Å². The van der Waals surface area contributed by atoms with Crippen molar-refractivity contribution < 1.29 is 9.90 Å². The van der Waals surface area contributed by atoms with Crippen LogP contribution in [-0.4, -0.2) is 16.1 Å². The Balaban J connectivity index is 2.45. The summed E-state index contributed by atoms with van der Waals surface area (Å²) in [6.45, 7) is 3.89. The number of hydrogen-bond donors (Lipinski definition) is 1. The molecule has 0 saturated carbocycles. The first-order chi connectivity index (χ1) is 7.99. The topological polar surface area (TPSA) is 50.2 Å². The Bertz CT molecular complexity index is 561. The van der Waals surface area contributed by atoms with E-state index in [1.807, 2.05) is 44.2 Å². The third-order valence-electron chi connectivity index (χ3n) is 2.98. The van der Waals surface area contributed by atoms with Crippen molar-refractivity contribution in [2.24, 2.45) is 0 Å². The van der Waals surface area contributed by atoms with E-state index in [1.165, 1.54) is 0 Å². The summed E-state index contributed by atoms with van der Waals surface area (Å²) in [7, 11) is 0. The van der Waals surface area contributed by atoms with Gasteiger partial charge >= 0.3 is 5.97 Å². The van der Waals surface area contributed by atoms with Gasteiger partial charge in [-0.05, 0) is 23.8 Å². The summed E-state index contributed by atoms with van der Waals surface area (Å²) in [6, 6.07) is 9.79. The van der Waals surface area contributed by atoms with Gasteiger partial charge in [-0.25, -0.2) is 0 Å². The van der Waals surface area contributed by atoms with Crippen molar-refractivity contribution in [3.63, 3.8) is 0 Å². The molecule has 1 N–H and O–H groups in total. The van der Waals surface area contributed by atoms with E-state index in [0.717, 1.165) is 16.5 Å². The lowest BCUT2D eigenvalue weighted by molar-refractivity contribution is -0.138. The molecule has 3 nitrogen and oxygen atoms in total. The first-order valence-electron chi connectivity index (χ1n) is 5.56. The Kier molecular flexibility index (Phi) is 2.84. The minimum Gasteiger partial charge on any atom is -0.481 e. The number of hydrogen-bond acceptors (Lipinski definition) is 2. The van der Waals surface area contributed by atoms with Crippen LogP contribution in [0.1, 0.15) is 25.8 Å². The van der Waals surface area contributed by atoms with Crippen molar-refractivity contribution >= 4 is 16.9 Å². The summed E-state index contributed by atoms with van der Waals surface area (Å²) in [5, 5.41) is 9.96. The third kappa shape index (κ3) is 2.44. The summed E-state index contributed by atoms with van der Waals surface area (Å²) in [4.78, 5) is 15.1. The van der Waals surface area contributed by atoms with Crippen LogP contribution in [0.2, 0.25) is 0 Å². The van der Waals surface area contributed by atoms with Crippen LogP contribution in [-0.2, 0) is 10.2 Å². The fourth-order valence-corrected chi connectivity index (χ4v) is 1.98. The van der Waals surface area contributed by atoms with Gasteiger partial charge in [0, 0.05) is 17.0 Å². The summed E-state index contributed by atoms with van der Waals surface area (Å²) >= 11 is 0. The monoisotopic (exact) mass is 229 g/mol. The average molecular weight is 229 g/mol. The highest BCUT2D eigenvalue weighted by atomic mass is 16.4. The number of aliphatic carboxylic acids is 1. The molecule has 0 aliphatic rings. The summed E-state index contributed by atoms with van der Waals surface area (Å²) < 4.78 is 0. The van der Waals surface area contributed by atoms with Crippen LogP contribution in [0.25, 0.3) is 10.9 Å². The van der Waals surface area contributed by atoms with E-state index in [4.69, 9.17) is 5.11 Å². The first kappa shape index (κ1) is 11.6. The number of nitrogens with zero attached hydrogens (tertiary/aromatic N) is 1. The molecule has 1 aromatic heterocycles. The predicted molar refractivity (Wildman–Crippen MR) is 67.0 cm³/mol. The van der Waals surface area contributed by atoms with E-state index in [1.54, 1.807) is 6.20 Å². The van der Waals surface area contributed by atoms with Gasteiger partial charge in [-0.15, -0.1) is 0 Å². The standard InChI is InChI=1S/C14H15NO2/c1-14(2,9-13(16)17)11-5-6-12-10(8-11)4-3-7-15-12/h3-8H,9H2,1-2H3,(H,16,17). The van der Waals surface area contributed by atoms with Gasteiger partial charge < -0.3 is 5.11 Å². The molecule has 0 unspecified atom stereocenters. The van der Waals surface area contributed by atoms with E-state index < -0.39 is 5.97 Å². The molecule has 2 aromatic rings. The summed E-state index contributed by atoms with van der Waals surface area (Å²) in [5.74, 6) is -0.777. The van der Waals surface area contributed by atoms with Crippen molar-refractivity contribution in [2.75, 3.05) is 0 Å². The predicted octanol–water partition coefficient (Wildman–Crippen LogP) is 2.99. The lowest BCUT2D eigenvalue weighted by atomic mass is 9.81. The number of carboxylic acid groups (broad SMARTS) is 1. The van der Waals surface area contributed by atoms with Crippen molar-refractivity contribution in [1.82, 2.24) is 4.98 Å². The third-order valence-corrected chi connectivity index (χ3v) is 2.98. The molecule has 17 heavy (non-hydrogen) atoms. The number of pyridine rings is 1. The van der Waals surface area contributed by atoms with Gasteiger partial charge in [0.25, 0.3) is 0 Å². The van der Waals surface area contributed by atoms with Crippen LogP contribution < -0.4 is 0 Å². The second-order valence-electron chi connectivity index (χ2n) is 4.87. The molecule has 0 bridgehead atoms. The fourth-order valence-electron chi connectivity index (χ4n) is 1.98. The maximum atomic E-state index is 10.8. The van der Waals surface area contributed by atoms with Crippen molar-refractivity contribution in [2.45, 2.75) is 25.7 Å². The lowest BCUT2D eigenvalue weighted by Crippen LogP contribution is -2.21. The summed E-state index contributed by atoms with van der Waals surface area (Å²) in [5.41, 5.74) is 1.60. The largest absolute Gasteiger partial charge is 0.481 e. The molecule has 3 heteroatoms. The molecular formula is C14H15NO2. The molecule has 0 amide bonds. The normalized spacial score (nSPS) is 11.6. The number of fused-ring (bicyclic) bond motifs is 1. The molecule has 88 valence electrons. The molecule has 0 spiro atoms. The highest BCUT2D eigenvalue weighted by Gasteiger charge is 2.24. The lowest BCUT2D eigenvalue weighted by Gasteiger charge is -2.23. The number of benzene rings is 1. The average Bonchev–Trinajstić information content (AvgIpc) is 2.26. The van der Waals surface area contributed by atoms with E-state index in [-0.39, 0.29) is 11.8 Å². The minimum atomic E-state index is -0.777. The Labute approximate surface area is 100 Å². The smallest absolute Gasteiger partial charge is 0.304 e. The second kappa shape index (κ2) is 4.17. The molecule has 1 heterocycles. The van der Waals surface area contributed by atoms with E-state index in [2.05, 4.69) is 4.98 Å². The van der Waals surface area contributed by atoms with Crippen LogP contribution in [0.4, 0.5) is 0 Å². The van der Waals surface area contributed by atoms with E-state index >= 15 is 0 Å². The molecular weight excluding hydrogens is 214 g/mol. The van der Waals surface area contributed by atoms with Crippen molar-refractivity contribution in [1.29, 1.82) is 0 Å². The highest BCUT2D eigenvalue weighted by molar-refractivity contribution is 5.79. The Morgan fingerprint density at radius 1 is 1.35 bits per heavy atom. The summed E-state index contributed by atoms with van der Waals surface area (Å²) in [6.07, 6.45) is 1.88. The number of carbonyl (C=O) groups is 1. The second-order valence-corrected chi connectivity index (χ2v) is 4.87. The molecule has 0 aliphatic carbocycles. The number of carboxylic acids is 1. The Hall–Kier alpha value is -1.90. The van der Waals surface area contributed by atoms with Gasteiger partial charge in [0.05, 0.1) is 11.9 Å². The van der Waals surface area contributed by atoms with Gasteiger partial charge in [-0.3, -0.25) is 9.78 Å². The van der Waals surface area contributed by atoms with Crippen LogP contribution in [0.15, 0.2) is 36.5 Å². The first-order valence-corrected chi connectivity index (χ1v) is 5.56. The SMILES string of the molecule is CC(C)(CC(=O)O)c1ccc2ncccc2c1. The van der Waals surface area contributed by atoms with Gasteiger partial charge in [0.15, 0.2) is 0 Å². The van der Waals surface area contributed by atoms with Crippen molar-refractivity contribution in [3.05, 3.63) is 42.1 Å². The number of aromatic nitrogens is 1. The maximum Gasteiger partial charge on any atom is 0.304 e. The maximum absolute atomic E-state index is 10.8. The Morgan fingerprint density at radius 2 is 2.12 bits per heavy atom. The van der Waals surface area contributed by atoms with Crippen LogP contribution in [0.3, 0.4) is 0 Å². The van der Waals surface area contributed by atoms with Crippen LogP contribution in [0, 0.1) is 0 Å². The van der Waals surface area contributed by atoms with Crippen LogP contribution in [0.5, 0.6) is 0 Å². The van der Waals surface area contributed by atoms with Gasteiger partial charge in [0.2, 0.25) is 0 Å². The quantitative estimate of drug-likeness (QED) is 0.880. The fraction of sp³-hybridized carbons (Fsp3) is 0.286. The van der Waals surface area contributed by atoms with E-state index in [0.29, 0.717) is 0 Å². The molecule has 1 aromatic carbocycles. The molecule has 0 radical (unpaired) electrons. The molecule has 0 saturated heterocycles. The zero-order chi connectivity index (χ0) is 12.5. The zero-order valence-corrected chi connectivity index (χ0v) is 9.97. The number of rotatable bonds is 3. The van der Waals surface area contributed by atoms with Crippen molar-refractivity contribution in [3.8, 4) is 0 Å². The van der Waals surface area contributed by atoms with Gasteiger partial charge in [-0.2, -0.15) is 0 Å². The Morgan fingerprint density at radius 3 is 2.82 bits per heavy atom. The van der Waals surface area contributed by atoms with Gasteiger partial charge in [-0.1, -0.05) is 26.0 Å². The molecule has 0 atom stereocenters.